The summed E-state index contributed by atoms with van der Waals surface area (Å²) in [6.07, 6.45) is -0.459. The Morgan fingerprint density at radius 3 is 2.61 bits per heavy atom. The number of aliphatic carboxylic acids is 1. The molecule has 18 heavy (non-hydrogen) atoms. The van der Waals surface area contributed by atoms with Crippen molar-refractivity contribution in [1.29, 1.82) is 0 Å². The van der Waals surface area contributed by atoms with Gasteiger partial charge < -0.3 is 10.2 Å². The van der Waals surface area contributed by atoms with E-state index in [-0.39, 0.29) is 0 Å². The molecule has 1 aliphatic heterocycles. The molecule has 1 aromatic rings. The molecule has 2 atom stereocenters. The highest BCUT2D eigenvalue weighted by molar-refractivity contribution is 9.10. The van der Waals surface area contributed by atoms with Crippen LogP contribution < -0.4 is 0 Å². The maximum absolute atomic E-state index is 11.2. The van der Waals surface area contributed by atoms with E-state index >= 15 is 0 Å². The molecule has 2 N–H and O–H groups in total. The van der Waals surface area contributed by atoms with Crippen molar-refractivity contribution in [1.82, 2.24) is 9.88 Å². The second-order valence-electron chi connectivity index (χ2n) is 4.02. The van der Waals surface area contributed by atoms with E-state index in [2.05, 4.69) is 20.9 Å². The zero-order valence-corrected chi connectivity index (χ0v) is 10.9. The molecule has 0 bridgehead atoms. The van der Waals surface area contributed by atoms with Crippen LogP contribution >= 0.6 is 15.9 Å². The molecule has 2 rings (SSSR count). The van der Waals surface area contributed by atoms with Gasteiger partial charge in [0.2, 0.25) is 0 Å². The zero-order valence-electron chi connectivity index (χ0n) is 9.28. The van der Waals surface area contributed by atoms with Gasteiger partial charge in [-0.15, -0.1) is 0 Å². The summed E-state index contributed by atoms with van der Waals surface area (Å²) in [7, 11) is 0. The Morgan fingerprint density at radius 2 is 2.06 bits per heavy atom. The first-order valence-corrected chi connectivity index (χ1v) is 6.16. The average molecular weight is 315 g/mol. The summed E-state index contributed by atoms with van der Waals surface area (Å²) in [5, 5.41) is 18.2. The van der Waals surface area contributed by atoms with E-state index in [9.17, 15) is 9.59 Å². The molecule has 0 radical (unpaired) electrons. The predicted molar refractivity (Wildman–Crippen MR) is 65.2 cm³/mol. The van der Waals surface area contributed by atoms with Gasteiger partial charge in [0.25, 0.3) is 0 Å². The Kier molecular flexibility index (Phi) is 3.51. The number of pyridine rings is 1. The summed E-state index contributed by atoms with van der Waals surface area (Å²) in [5.41, 5.74) is 0.565. The molecule has 0 aliphatic carbocycles. The molecule has 1 amide bonds. The fourth-order valence-electron chi connectivity index (χ4n) is 2.22. The van der Waals surface area contributed by atoms with E-state index in [0.717, 1.165) is 4.90 Å². The van der Waals surface area contributed by atoms with Gasteiger partial charge in [0.15, 0.2) is 0 Å². The summed E-state index contributed by atoms with van der Waals surface area (Å²) in [5.74, 6) is -1.12. The van der Waals surface area contributed by atoms with Crippen LogP contribution in [0.1, 0.15) is 24.6 Å². The molecule has 0 aromatic carbocycles. The molecule has 0 saturated carbocycles. The number of rotatable bonds is 2. The molecule has 1 aliphatic rings. The van der Waals surface area contributed by atoms with E-state index in [1.54, 1.807) is 18.2 Å². The lowest BCUT2D eigenvalue weighted by molar-refractivity contribution is -0.142. The minimum Gasteiger partial charge on any atom is -0.480 e. The molecule has 1 fully saturated rings. The Hall–Kier alpha value is -1.63. The van der Waals surface area contributed by atoms with E-state index in [1.807, 2.05) is 0 Å². The lowest BCUT2D eigenvalue weighted by Crippen LogP contribution is -2.41. The van der Waals surface area contributed by atoms with Crippen molar-refractivity contribution in [2.45, 2.75) is 24.9 Å². The van der Waals surface area contributed by atoms with Crippen LogP contribution in [0, 0.1) is 0 Å². The minimum absolute atomic E-state index is 0.306. The standard InChI is InChI=1S/C11H11BrN2O4/c12-9-3-1-2-6(13-9)7-4-5-8(10(15)16)14(7)11(17)18/h1-3,7-8H,4-5H2,(H,15,16)(H,17,18)/t7-,8+/m1/s1. The summed E-state index contributed by atoms with van der Waals surface area (Å²) >= 11 is 3.22. The molecule has 2 heterocycles. The van der Waals surface area contributed by atoms with Crippen LogP contribution in [0.25, 0.3) is 0 Å². The Balaban J connectivity index is 2.33. The van der Waals surface area contributed by atoms with Gasteiger partial charge in [-0.3, -0.25) is 4.90 Å². The fourth-order valence-corrected chi connectivity index (χ4v) is 2.58. The van der Waals surface area contributed by atoms with E-state index in [0.29, 0.717) is 23.1 Å². The zero-order chi connectivity index (χ0) is 13.3. The molecule has 0 unspecified atom stereocenters. The van der Waals surface area contributed by atoms with Crippen LogP contribution in [0.5, 0.6) is 0 Å². The molecular formula is C11H11BrN2O4. The smallest absolute Gasteiger partial charge is 0.408 e. The van der Waals surface area contributed by atoms with E-state index in [1.165, 1.54) is 0 Å². The SMILES string of the molecule is O=C(O)[C@@H]1CC[C@H](c2cccc(Br)n2)N1C(=O)O. The molecule has 1 saturated heterocycles. The summed E-state index contributed by atoms with van der Waals surface area (Å²) in [6, 6.07) is 3.70. The van der Waals surface area contributed by atoms with Crippen molar-refractivity contribution in [2.24, 2.45) is 0 Å². The number of nitrogens with zero attached hydrogens (tertiary/aromatic N) is 2. The van der Waals surface area contributed by atoms with Crippen molar-refractivity contribution in [3.63, 3.8) is 0 Å². The van der Waals surface area contributed by atoms with Gasteiger partial charge in [0.05, 0.1) is 11.7 Å². The van der Waals surface area contributed by atoms with Gasteiger partial charge in [-0.1, -0.05) is 6.07 Å². The highest BCUT2D eigenvalue weighted by Crippen LogP contribution is 2.35. The van der Waals surface area contributed by atoms with Crippen LogP contribution in [-0.4, -0.2) is 38.2 Å². The first-order valence-electron chi connectivity index (χ1n) is 5.37. The Morgan fingerprint density at radius 1 is 1.33 bits per heavy atom. The van der Waals surface area contributed by atoms with Crippen molar-refractivity contribution >= 4 is 28.0 Å². The molecule has 96 valence electrons. The van der Waals surface area contributed by atoms with Crippen LogP contribution in [0.4, 0.5) is 4.79 Å². The van der Waals surface area contributed by atoms with Crippen molar-refractivity contribution < 1.29 is 19.8 Å². The maximum atomic E-state index is 11.2. The van der Waals surface area contributed by atoms with Gasteiger partial charge in [-0.25, -0.2) is 14.6 Å². The number of amides is 1. The summed E-state index contributed by atoms with van der Waals surface area (Å²) < 4.78 is 0.601. The number of halogens is 1. The highest BCUT2D eigenvalue weighted by atomic mass is 79.9. The van der Waals surface area contributed by atoms with Crippen LogP contribution in [0.2, 0.25) is 0 Å². The highest BCUT2D eigenvalue weighted by Gasteiger charge is 2.42. The second kappa shape index (κ2) is 4.93. The molecule has 7 heteroatoms. The number of carboxylic acid groups (broad SMARTS) is 2. The van der Waals surface area contributed by atoms with Crippen LogP contribution in [0.15, 0.2) is 22.8 Å². The van der Waals surface area contributed by atoms with Crippen LogP contribution in [-0.2, 0) is 4.79 Å². The molecule has 6 nitrogen and oxygen atoms in total. The normalized spacial score (nSPS) is 23.1. The third-order valence-corrected chi connectivity index (χ3v) is 3.41. The Bertz CT molecular complexity index is 494. The van der Waals surface area contributed by atoms with Crippen molar-refractivity contribution in [3.05, 3.63) is 28.5 Å². The lowest BCUT2D eigenvalue weighted by Gasteiger charge is -2.24. The van der Waals surface area contributed by atoms with Gasteiger partial charge in [0, 0.05) is 0 Å². The van der Waals surface area contributed by atoms with Crippen LogP contribution in [0.3, 0.4) is 0 Å². The number of likely N-dealkylation sites (tertiary alicyclic amines) is 1. The average Bonchev–Trinajstić information content (AvgIpc) is 2.73. The number of aromatic nitrogens is 1. The molecule has 1 aromatic heterocycles. The number of hydrogen-bond acceptors (Lipinski definition) is 3. The largest absolute Gasteiger partial charge is 0.480 e. The monoisotopic (exact) mass is 314 g/mol. The van der Waals surface area contributed by atoms with E-state index < -0.39 is 24.1 Å². The second-order valence-corrected chi connectivity index (χ2v) is 4.83. The third-order valence-electron chi connectivity index (χ3n) is 2.97. The first-order chi connectivity index (χ1) is 8.50. The number of hydrogen-bond donors (Lipinski definition) is 2. The first kappa shape index (κ1) is 12.8. The van der Waals surface area contributed by atoms with Gasteiger partial charge in [0.1, 0.15) is 10.6 Å². The summed E-state index contributed by atoms with van der Waals surface area (Å²) in [4.78, 5) is 27.4. The molecular weight excluding hydrogens is 304 g/mol. The van der Waals surface area contributed by atoms with E-state index in [4.69, 9.17) is 10.2 Å². The molecule has 0 spiro atoms. The third kappa shape index (κ3) is 2.31. The topological polar surface area (TPSA) is 90.7 Å². The number of carbonyl (C=O) groups is 2. The number of carboxylic acids is 1. The summed E-state index contributed by atoms with van der Waals surface area (Å²) in [6.45, 7) is 0. The Labute approximate surface area is 111 Å². The predicted octanol–water partition coefficient (Wildman–Crippen LogP) is 2.11. The lowest BCUT2D eigenvalue weighted by atomic mass is 10.1. The minimum atomic E-state index is -1.23. The van der Waals surface area contributed by atoms with Crippen molar-refractivity contribution in [2.75, 3.05) is 0 Å². The van der Waals surface area contributed by atoms with Gasteiger partial charge >= 0.3 is 12.1 Å². The fraction of sp³-hybridized carbons (Fsp3) is 0.364. The maximum Gasteiger partial charge on any atom is 0.408 e. The quantitative estimate of drug-likeness (QED) is 0.816. The van der Waals surface area contributed by atoms with Gasteiger partial charge in [-0.2, -0.15) is 0 Å². The van der Waals surface area contributed by atoms with Crippen molar-refractivity contribution in [3.8, 4) is 0 Å². The van der Waals surface area contributed by atoms with Gasteiger partial charge in [-0.05, 0) is 40.9 Å².